The van der Waals surface area contributed by atoms with Crippen molar-refractivity contribution in [2.24, 2.45) is 0 Å². The van der Waals surface area contributed by atoms with E-state index in [1.54, 1.807) is 13.0 Å². The molecular weight excluding hydrogens is 154 g/mol. The maximum absolute atomic E-state index is 10.9. The molecule has 12 heavy (non-hydrogen) atoms. The van der Waals surface area contributed by atoms with E-state index in [2.05, 4.69) is 18.5 Å². The van der Waals surface area contributed by atoms with Crippen molar-refractivity contribution in [3.63, 3.8) is 0 Å². The smallest absolute Gasteiger partial charge is 0.334 e. The van der Waals surface area contributed by atoms with Crippen LogP contribution in [0.25, 0.3) is 0 Å². The van der Waals surface area contributed by atoms with Crippen LogP contribution >= 0.6 is 0 Å². The van der Waals surface area contributed by atoms with E-state index < -0.39 is 0 Å². The molecule has 0 aliphatic rings. The summed E-state index contributed by atoms with van der Waals surface area (Å²) in [6.45, 7) is 10.4. The molecule has 0 unspecified atom stereocenters. The van der Waals surface area contributed by atoms with E-state index in [0.29, 0.717) is 25.3 Å². The highest BCUT2D eigenvalue weighted by atomic mass is 16.5. The van der Waals surface area contributed by atoms with Crippen molar-refractivity contribution in [2.75, 3.05) is 19.7 Å². The Hall–Kier alpha value is -1.09. The molecule has 3 nitrogen and oxygen atoms in total. The Labute approximate surface area is 73.1 Å². The number of hydrogen-bond donors (Lipinski definition) is 1. The van der Waals surface area contributed by atoms with Gasteiger partial charge in [0.15, 0.2) is 0 Å². The molecule has 0 radical (unpaired) electrons. The van der Waals surface area contributed by atoms with Gasteiger partial charge >= 0.3 is 5.97 Å². The zero-order chi connectivity index (χ0) is 9.40. The SMILES string of the molecule is C=CCNCC(=C)C(=O)OCC. The molecular formula is C9H15NO2. The highest BCUT2D eigenvalue weighted by molar-refractivity contribution is 5.88. The van der Waals surface area contributed by atoms with Crippen LogP contribution in [0.3, 0.4) is 0 Å². The number of rotatable bonds is 6. The van der Waals surface area contributed by atoms with E-state index in [4.69, 9.17) is 4.74 Å². The molecule has 1 N–H and O–H groups in total. The van der Waals surface area contributed by atoms with Gasteiger partial charge in [0.2, 0.25) is 0 Å². The first-order valence-corrected chi connectivity index (χ1v) is 3.88. The molecule has 3 heteroatoms. The van der Waals surface area contributed by atoms with Crippen molar-refractivity contribution in [3.8, 4) is 0 Å². The molecule has 0 saturated carbocycles. The van der Waals surface area contributed by atoms with Gasteiger partial charge in [-0.25, -0.2) is 4.79 Å². The second-order valence-corrected chi connectivity index (χ2v) is 2.24. The fraction of sp³-hybridized carbons (Fsp3) is 0.444. The van der Waals surface area contributed by atoms with Gasteiger partial charge < -0.3 is 10.1 Å². The lowest BCUT2D eigenvalue weighted by Gasteiger charge is -2.04. The van der Waals surface area contributed by atoms with Gasteiger partial charge in [-0.3, -0.25) is 0 Å². The molecule has 0 rings (SSSR count). The largest absolute Gasteiger partial charge is 0.463 e. The minimum absolute atomic E-state index is 0.339. The fourth-order valence-electron chi connectivity index (χ4n) is 0.630. The standard InChI is InChI=1S/C9H15NO2/c1-4-6-10-7-8(3)9(11)12-5-2/h4,10H,1,3,5-7H2,2H3. The van der Waals surface area contributed by atoms with E-state index in [1.165, 1.54) is 0 Å². The predicted molar refractivity (Wildman–Crippen MR) is 48.8 cm³/mol. The van der Waals surface area contributed by atoms with Gasteiger partial charge in [0, 0.05) is 18.7 Å². The Bertz CT molecular complexity index is 175. The summed E-state index contributed by atoms with van der Waals surface area (Å²) < 4.78 is 4.73. The van der Waals surface area contributed by atoms with E-state index >= 15 is 0 Å². The van der Waals surface area contributed by atoms with Crippen molar-refractivity contribution in [1.29, 1.82) is 0 Å². The summed E-state index contributed by atoms with van der Waals surface area (Å²) in [7, 11) is 0. The quantitative estimate of drug-likeness (QED) is 0.277. The number of nitrogens with one attached hydrogen (secondary N) is 1. The van der Waals surface area contributed by atoms with Crippen LogP contribution in [0.5, 0.6) is 0 Å². The second kappa shape index (κ2) is 6.61. The molecule has 0 aliphatic carbocycles. The van der Waals surface area contributed by atoms with E-state index in [1.807, 2.05) is 0 Å². The maximum atomic E-state index is 10.9. The van der Waals surface area contributed by atoms with Gasteiger partial charge in [-0.2, -0.15) is 0 Å². The number of hydrogen-bond acceptors (Lipinski definition) is 3. The Balaban J connectivity index is 3.57. The minimum atomic E-state index is -0.339. The topological polar surface area (TPSA) is 38.3 Å². The number of carbonyl (C=O) groups is 1. The summed E-state index contributed by atoms with van der Waals surface area (Å²) in [4.78, 5) is 10.9. The molecule has 0 bridgehead atoms. The van der Waals surface area contributed by atoms with E-state index in [0.717, 1.165) is 0 Å². The predicted octanol–water partition coefficient (Wildman–Crippen LogP) is 0.881. The Morgan fingerprint density at radius 2 is 2.33 bits per heavy atom. The fourth-order valence-corrected chi connectivity index (χ4v) is 0.630. The van der Waals surface area contributed by atoms with Crippen LogP contribution in [0.2, 0.25) is 0 Å². The summed E-state index contributed by atoms with van der Waals surface area (Å²) in [6.07, 6.45) is 1.72. The Morgan fingerprint density at radius 1 is 1.67 bits per heavy atom. The molecule has 0 atom stereocenters. The van der Waals surface area contributed by atoms with Crippen LogP contribution in [0.4, 0.5) is 0 Å². The van der Waals surface area contributed by atoms with Gasteiger partial charge in [-0.1, -0.05) is 12.7 Å². The van der Waals surface area contributed by atoms with Crippen molar-refractivity contribution in [2.45, 2.75) is 6.92 Å². The lowest BCUT2D eigenvalue weighted by molar-refractivity contribution is -0.138. The first-order chi connectivity index (χ1) is 5.72. The van der Waals surface area contributed by atoms with E-state index in [-0.39, 0.29) is 5.97 Å². The first kappa shape index (κ1) is 10.9. The average molecular weight is 169 g/mol. The molecule has 0 aromatic heterocycles. The van der Waals surface area contributed by atoms with Crippen LogP contribution in [-0.4, -0.2) is 25.7 Å². The highest BCUT2D eigenvalue weighted by Crippen LogP contribution is 1.91. The molecule has 0 aliphatic heterocycles. The zero-order valence-corrected chi connectivity index (χ0v) is 7.43. The Morgan fingerprint density at radius 3 is 2.83 bits per heavy atom. The third-order valence-electron chi connectivity index (χ3n) is 1.19. The van der Waals surface area contributed by atoms with Crippen molar-refractivity contribution in [3.05, 3.63) is 24.8 Å². The first-order valence-electron chi connectivity index (χ1n) is 3.88. The zero-order valence-electron chi connectivity index (χ0n) is 7.43. The van der Waals surface area contributed by atoms with Gasteiger partial charge in [-0.05, 0) is 6.92 Å². The van der Waals surface area contributed by atoms with Gasteiger partial charge in [0.25, 0.3) is 0 Å². The molecule has 68 valence electrons. The lowest BCUT2D eigenvalue weighted by Crippen LogP contribution is -2.21. The summed E-state index contributed by atoms with van der Waals surface area (Å²) >= 11 is 0. The van der Waals surface area contributed by atoms with Gasteiger partial charge in [-0.15, -0.1) is 6.58 Å². The average Bonchev–Trinajstić information content (AvgIpc) is 2.05. The summed E-state index contributed by atoms with van der Waals surface area (Å²) in [5.41, 5.74) is 0.443. The number of ether oxygens (including phenoxy) is 1. The molecule has 0 aromatic rings. The molecule has 0 aromatic carbocycles. The van der Waals surface area contributed by atoms with Crippen LogP contribution < -0.4 is 5.32 Å². The lowest BCUT2D eigenvalue weighted by atomic mass is 10.3. The Kier molecular flexibility index (Phi) is 6.01. The highest BCUT2D eigenvalue weighted by Gasteiger charge is 2.05. The molecule has 0 saturated heterocycles. The second-order valence-electron chi connectivity index (χ2n) is 2.24. The normalized spacial score (nSPS) is 9.08. The minimum Gasteiger partial charge on any atom is -0.463 e. The van der Waals surface area contributed by atoms with Crippen LogP contribution in [0.1, 0.15) is 6.92 Å². The van der Waals surface area contributed by atoms with E-state index in [9.17, 15) is 4.79 Å². The van der Waals surface area contributed by atoms with Gasteiger partial charge in [0.1, 0.15) is 0 Å². The van der Waals surface area contributed by atoms with Crippen molar-refractivity contribution in [1.82, 2.24) is 5.32 Å². The van der Waals surface area contributed by atoms with Crippen molar-refractivity contribution < 1.29 is 9.53 Å². The molecule has 0 fully saturated rings. The summed E-state index contributed by atoms with van der Waals surface area (Å²) in [5, 5.41) is 2.96. The molecule has 0 spiro atoms. The third kappa shape index (κ3) is 4.68. The van der Waals surface area contributed by atoms with Gasteiger partial charge in [0.05, 0.1) is 6.61 Å². The number of esters is 1. The summed E-state index contributed by atoms with van der Waals surface area (Å²) in [6, 6.07) is 0. The summed E-state index contributed by atoms with van der Waals surface area (Å²) in [5.74, 6) is -0.339. The third-order valence-corrected chi connectivity index (χ3v) is 1.19. The number of carbonyl (C=O) groups excluding carboxylic acids is 1. The van der Waals surface area contributed by atoms with Crippen LogP contribution in [-0.2, 0) is 9.53 Å². The van der Waals surface area contributed by atoms with Crippen molar-refractivity contribution >= 4 is 5.97 Å². The van der Waals surface area contributed by atoms with Crippen LogP contribution in [0, 0.1) is 0 Å². The molecule has 0 heterocycles. The molecule has 0 amide bonds. The maximum Gasteiger partial charge on any atom is 0.334 e. The monoisotopic (exact) mass is 169 g/mol. The van der Waals surface area contributed by atoms with Crippen LogP contribution in [0.15, 0.2) is 24.8 Å².